The van der Waals surface area contributed by atoms with Crippen molar-refractivity contribution in [1.82, 2.24) is 4.90 Å². The number of nitrogens with zero attached hydrogens (tertiary/aromatic N) is 2. The number of benzene rings is 2. The second-order valence-electron chi connectivity index (χ2n) is 5.09. The number of hydrogen-bond donors (Lipinski definition) is 0. The molecule has 2 heteroatoms. The van der Waals surface area contributed by atoms with Gasteiger partial charge >= 0.3 is 0 Å². The van der Waals surface area contributed by atoms with Crippen LogP contribution in [0, 0.1) is 11.3 Å². The monoisotopic (exact) mass is 264 g/mol. The van der Waals surface area contributed by atoms with Crippen LogP contribution in [0.1, 0.15) is 24.5 Å². The van der Waals surface area contributed by atoms with Gasteiger partial charge in [-0.2, -0.15) is 5.26 Å². The minimum atomic E-state index is 0.250. The molecular formula is C18H20N2. The van der Waals surface area contributed by atoms with Gasteiger partial charge in [-0.05, 0) is 18.1 Å². The average molecular weight is 264 g/mol. The molecule has 0 heterocycles. The second kappa shape index (κ2) is 7.47. The van der Waals surface area contributed by atoms with Gasteiger partial charge in [0.25, 0.3) is 0 Å². The van der Waals surface area contributed by atoms with Crippen molar-refractivity contribution in [2.75, 3.05) is 0 Å². The molecule has 2 aromatic carbocycles. The minimum absolute atomic E-state index is 0.250. The molecule has 0 aliphatic heterocycles. The first kappa shape index (κ1) is 14.3. The Morgan fingerprint density at radius 2 is 1.35 bits per heavy atom. The molecule has 0 saturated carbocycles. The van der Waals surface area contributed by atoms with Crippen molar-refractivity contribution >= 4 is 0 Å². The van der Waals surface area contributed by atoms with Crippen molar-refractivity contribution in [2.24, 2.45) is 0 Å². The van der Waals surface area contributed by atoms with Crippen molar-refractivity contribution in [3.8, 4) is 6.07 Å². The smallest absolute Gasteiger partial charge is 0.0638 e. The molecule has 0 bridgehead atoms. The molecule has 0 aliphatic rings. The van der Waals surface area contributed by atoms with Crippen LogP contribution < -0.4 is 0 Å². The Labute approximate surface area is 121 Å². The lowest BCUT2D eigenvalue weighted by atomic mass is 10.1. The number of nitriles is 1. The van der Waals surface area contributed by atoms with Gasteiger partial charge in [0.15, 0.2) is 0 Å². The molecule has 0 spiro atoms. The van der Waals surface area contributed by atoms with E-state index in [9.17, 15) is 0 Å². The summed E-state index contributed by atoms with van der Waals surface area (Å²) in [5, 5.41) is 8.94. The highest BCUT2D eigenvalue weighted by molar-refractivity contribution is 5.17. The molecule has 0 aromatic heterocycles. The average Bonchev–Trinajstić information content (AvgIpc) is 2.49. The maximum Gasteiger partial charge on any atom is 0.0638 e. The number of hydrogen-bond acceptors (Lipinski definition) is 2. The first-order valence-corrected chi connectivity index (χ1v) is 6.98. The third kappa shape index (κ3) is 4.22. The fourth-order valence-electron chi connectivity index (χ4n) is 2.26. The molecule has 2 rings (SSSR count). The molecule has 0 fully saturated rings. The van der Waals surface area contributed by atoms with E-state index in [1.807, 2.05) is 12.1 Å². The van der Waals surface area contributed by atoms with Gasteiger partial charge in [-0.3, -0.25) is 4.90 Å². The Bertz CT molecular complexity index is 501. The van der Waals surface area contributed by atoms with Crippen molar-refractivity contribution in [3.63, 3.8) is 0 Å². The van der Waals surface area contributed by atoms with E-state index < -0.39 is 0 Å². The minimum Gasteiger partial charge on any atom is -0.291 e. The van der Waals surface area contributed by atoms with Crippen LogP contribution in [0.4, 0.5) is 0 Å². The molecule has 0 saturated heterocycles. The summed E-state index contributed by atoms with van der Waals surface area (Å²) >= 11 is 0. The molecule has 1 atom stereocenters. The maximum absolute atomic E-state index is 8.94. The molecule has 102 valence electrons. The van der Waals surface area contributed by atoms with Crippen LogP contribution in [0.2, 0.25) is 0 Å². The lowest BCUT2D eigenvalue weighted by Gasteiger charge is -2.27. The molecule has 20 heavy (non-hydrogen) atoms. The van der Waals surface area contributed by atoms with E-state index in [4.69, 9.17) is 5.26 Å². The third-order valence-corrected chi connectivity index (χ3v) is 3.47. The van der Waals surface area contributed by atoms with E-state index >= 15 is 0 Å². The summed E-state index contributed by atoms with van der Waals surface area (Å²) in [6.07, 6.45) is 0.555. The van der Waals surface area contributed by atoms with Gasteiger partial charge in [-0.15, -0.1) is 0 Å². The Morgan fingerprint density at radius 1 is 0.900 bits per heavy atom. The predicted octanol–water partition coefficient (Wildman–Crippen LogP) is 3.99. The van der Waals surface area contributed by atoms with Crippen LogP contribution in [0.15, 0.2) is 60.7 Å². The Kier molecular flexibility index (Phi) is 5.34. The van der Waals surface area contributed by atoms with Crippen LogP contribution >= 0.6 is 0 Å². The van der Waals surface area contributed by atoms with Crippen molar-refractivity contribution in [1.29, 1.82) is 5.26 Å². The van der Waals surface area contributed by atoms with Gasteiger partial charge in [-0.25, -0.2) is 0 Å². The topological polar surface area (TPSA) is 27.0 Å². The molecular weight excluding hydrogens is 244 g/mol. The second-order valence-corrected chi connectivity index (χ2v) is 5.09. The molecule has 0 N–H and O–H groups in total. The third-order valence-electron chi connectivity index (χ3n) is 3.47. The Balaban J connectivity index is 2.10. The van der Waals surface area contributed by atoms with E-state index in [1.54, 1.807) is 0 Å². The molecule has 2 aromatic rings. The van der Waals surface area contributed by atoms with E-state index in [0.717, 1.165) is 13.1 Å². The lowest BCUT2D eigenvalue weighted by Crippen LogP contribution is -2.31. The summed E-state index contributed by atoms with van der Waals surface area (Å²) in [7, 11) is 0. The molecule has 0 unspecified atom stereocenters. The zero-order valence-corrected chi connectivity index (χ0v) is 11.9. The predicted molar refractivity (Wildman–Crippen MR) is 81.8 cm³/mol. The van der Waals surface area contributed by atoms with Gasteiger partial charge in [0.05, 0.1) is 12.5 Å². The van der Waals surface area contributed by atoms with Crippen LogP contribution in [0.25, 0.3) is 0 Å². The Hall–Kier alpha value is -2.11. The van der Waals surface area contributed by atoms with Crippen molar-refractivity contribution in [3.05, 3.63) is 71.8 Å². The quantitative estimate of drug-likeness (QED) is 0.788. The zero-order valence-electron chi connectivity index (χ0n) is 11.9. The van der Waals surface area contributed by atoms with E-state index in [0.29, 0.717) is 6.42 Å². The lowest BCUT2D eigenvalue weighted by molar-refractivity contribution is 0.193. The van der Waals surface area contributed by atoms with Crippen molar-refractivity contribution in [2.45, 2.75) is 32.5 Å². The summed E-state index contributed by atoms with van der Waals surface area (Å²) < 4.78 is 0. The fourth-order valence-corrected chi connectivity index (χ4v) is 2.26. The van der Waals surface area contributed by atoms with Crippen LogP contribution in [0.3, 0.4) is 0 Å². The van der Waals surface area contributed by atoms with Gasteiger partial charge in [0.1, 0.15) is 0 Å². The zero-order chi connectivity index (χ0) is 14.2. The SMILES string of the molecule is C[C@@H](CC#N)N(Cc1ccccc1)Cc1ccccc1. The number of rotatable bonds is 6. The van der Waals surface area contributed by atoms with Crippen molar-refractivity contribution < 1.29 is 0 Å². The summed E-state index contributed by atoms with van der Waals surface area (Å²) in [5.41, 5.74) is 2.57. The largest absolute Gasteiger partial charge is 0.291 e. The first-order valence-electron chi connectivity index (χ1n) is 6.98. The Morgan fingerprint density at radius 3 is 1.75 bits per heavy atom. The normalized spacial score (nSPS) is 12.1. The molecule has 2 nitrogen and oxygen atoms in total. The van der Waals surface area contributed by atoms with E-state index in [-0.39, 0.29) is 6.04 Å². The summed E-state index contributed by atoms with van der Waals surface area (Å²) in [5.74, 6) is 0. The molecule has 0 amide bonds. The van der Waals surface area contributed by atoms with E-state index in [1.165, 1.54) is 11.1 Å². The maximum atomic E-state index is 8.94. The summed E-state index contributed by atoms with van der Waals surface area (Å²) in [4.78, 5) is 2.36. The van der Waals surface area contributed by atoms with Gasteiger partial charge in [0.2, 0.25) is 0 Å². The standard InChI is InChI=1S/C18H20N2/c1-16(12-13-19)20(14-17-8-4-2-5-9-17)15-18-10-6-3-7-11-18/h2-11,16H,12,14-15H2,1H3/t16-/m0/s1. The highest BCUT2D eigenvalue weighted by Crippen LogP contribution is 2.14. The summed E-state index contributed by atoms with van der Waals surface area (Å²) in [6.45, 7) is 3.87. The van der Waals surface area contributed by atoms with Gasteiger partial charge in [0, 0.05) is 19.1 Å². The molecule has 0 aliphatic carbocycles. The van der Waals surface area contributed by atoms with E-state index in [2.05, 4.69) is 66.4 Å². The van der Waals surface area contributed by atoms with Gasteiger partial charge in [-0.1, -0.05) is 60.7 Å². The molecule has 0 radical (unpaired) electrons. The highest BCUT2D eigenvalue weighted by Gasteiger charge is 2.14. The van der Waals surface area contributed by atoms with Gasteiger partial charge < -0.3 is 0 Å². The van der Waals surface area contributed by atoms with Crippen LogP contribution in [-0.2, 0) is 13.1 Å². The van der Waals surface area contributed by atoms with Crippen LogP contribution in [0.5, 0.6) is 0 Å². The highest BCUT2D eigenvalue weighted by atomic mass is 15.1. The van der Waals surface area contributed by atoms with Crippen LogP contribution in [-0.4, -0.2) is 10.9 Å². The fraction of sp³-hybridized carbons (Fsp3) is 0.278. The summed E-state index contributed by atoms with van der Waals surface area (Å²) in [6, 6.07) is 23.4. The first-order chi connectivity index (χ1) is 9.79.